The van der Waals surface area contributed by atoms with E-state index < -0.39 is 0 Å². The third-order valence-corrected chi connectivity index (χ3v) is 3.30. The van der Waals surface area contributed by atoms with Crippen LogP contribution in [0.15, 0.2) is 21.2 Å². The van der Waals surface area contributed by atoms with Crippen molar-refractivity contribution >= 4 is 23.2 Å². The van der Waals surface area contributed by atoms with Crippen LogP contribution in [0.3, 0.4) is 0 Å². The number of carbonyl (C=O) groups is 2. The van der Waals surface area contributed by atoms with Gasteiger partial charge in [0.25, 0.3) is 0 Å². The fourth-order valence-corrected chi connectivity index (χ4v) is 2.23. The Morgan fingerprint density at radius 3 is 2.86 bits per heavy atom. The van der Waals surface area contributed by atoms with E-state index >= 15 is 0 Å². The molecule has 2 heterocycles. The number of hydrogen-bond donors (Lipinski definition) is 2. The van der Waals surface area contributed by atoms with E-state index in [0.29, 0.717) is 24.7 Å². The highest BCUT2D eigenvalue weighted by Crippen LogP contribution is 2.20. The topological polar surface area (TPSA) is 97.1 Å². The Kier molecular flexibility index (Phi) is 5.44. The Balaban J connectivity index is 1.75. The molecule has 0 aromatic carbocycles. The molecule has 0 unspecified atom stereocenters. The molecule has 2 rings (SSSR count). The Morgan fingerprint density at radius 1 is 1.29 bits per heavy atom. The van der Waals surface area contributed by atoms with Gasteiger partial charge in [-0.05, 0) is 18.4 Å². The summed E-state index contributed by atoms with van der Waals surface area (Å²) in [4.78, 5) is 22.8. The second kappa shape index (κ2) is 7.53. The fourth-order valence-electron chi connectivity index (χ4n) is 1.60. The van der Waals surface area contributed by atoms with Gasteiger partial charge in [0.2, 0.25) is 23.6 Å². The highest BCUT2D eigenvalue weighted by Gasteiger charge is 2.11. The van der Waals surface area contributed by atoms with E-state index in [1.807, 2.05) is 23.8 Å². The Morgan fingerprint density at radius 2 is 2.14 bits per heavy atom. The van der Waals surface area contributed by atoms with Gasteiger partial charge in [0.1, 0.15) is 0 Å². The van der Waals surface area contributed by atoms with Crippen LogP contribution in [0.25, 0.3) is 11.5 Å². The summed E-state index contributed by atoms with van der Waals surface area (Å²) in [6.07, 6.45) is 0.545. The average molecular weight is 308 g/mol. The van der Waals surface area contributed by atoms with Gasteiger partial charge in [-0.3, -0.25) is 9.59 Å². The lowest BCUT2D eigenvalue weighted by Gasteiger charge is -2.03. The number of amides is 2. The number of aryl methyl sites for hydroxylation is 1. The van der Waals surface area contributed by atoms with Crippen LogP contribution in [0.4, 0.5) is 0 Å². The van der Waals surface area contributed by atoms with Crippen LogP contribution in [0, 0.1) is 0 Å². The highest BCUT2D eigenvalue weighted by atomic mass is 32.1. The van der Waals surface area contributed by atoms with E-state index in [2.05, 4.69) is 20.8 Å². The molecule has 0 aliphatic rings. The van der Waals surface area contributed by atoms with Crippen LogP contribution < -0.4 is 10.6 Å². The molecule has 0 bridgehead atoms. The van der Waals surface area contributed by atoms with Crippen molar-refractivity contribution in [2.45, 2.75) is 19.8 Å². The maximum atomic E-state index is 11.6. The maximum Gasteiger partial charge on any atom is 0.248 e. The summed E-state index contributed by atoms with van der Waals surface area (Å²) in [6.45, 7) is 2.35. The van der Waals surface area contributed by atoms with Gasteiger partial charge < -0.3 is 15.1 Å². The molecule has 8 heteroatoms. The molecular formula is C13H16N4O3S. The van der Waals surface area contributed by atoms with Crippen LogP contribution in [0.1, 0.15) is 19.2 Å². The first-order valence-electron chi connectivity index (χ1n) is 6.57. The van der Waals surface area contributed by atoms with Crippen LogP contribution >= 0.6 is 11.3 Å². The number of aromatic nitrogens is 2. The molecule has 0 aliphatic heterocycles. The summed E-state index contributed by atoms with van der Waals surface area (Å²) < 4.78 is 5.47. The molecular weight excluding hydrogens is 292 g/mol. The molecule has 2 aromatic rings. The quantitative estimate of drug-likeness (QED) is 0.795. The van der Waals surface area contributed by atoms with Gasteiger partial charge in [0.15, 0.2) is 0 Å². The molecule has 0 saturated carbocycles. The lowest BCUT2D eigenvalue weighted by molar-refractivity contribution is -0.126. The molecule has 0 aliphatic carbocycles. The minimum Gasteiger partial charge on any atom is -0.421 e. The molecule has 2 amide bonds. The molecule has 0 fully saturated rings. The molecule has 7 nitrogen and oxygen atoms in total. The summed E-state index contributed by atoms with van der Waals surface area (Å²) in [7, 11) is 0. The predicted molar refractivity (Wildman–Crippen MR) is 77.6 cm³/mol. The van der Waals surface area contributed by atoms with Crippen molar-refractivity contribution in [3.63, 3.8) is 0 Å². The summed E-state index contributed by atoms with van der Waals surface area (Å²) in [5.74, 6) is 0.429. The van der Waals surface area contributed by atoms with E-state index in [0.717, 1.165) is 5.56 Å². The number of nitrogens with zero attached hydrogens (tertiary/aromatic N) is 2. The first kappa shape index (κ1) is 15.2. The van der Waals surface area contributed by atoms with Crippen molar-refractivity contribution in [2.24, 2.45) is 0 Å². The minimum atomic E-state index is -0.225. The van der Waals surface area contributed by atoms with Crippen molar-refractivity contribution in [3.8, 4) is 11.5 Å². The van der Waals surface area contributed by atoms with Gasteiger partial charge in [-0.15, -0.1) is 10.2 Å². The molecule has 2 aromatic heterocycles. The second-order valence-electron chi connectivity index (χ2n) is 4.24. The highest BCUT2D eigenvalue weighted by molar-refractivity contribution is 7.08. The summed E-state index contributed by atoms with van der Waals surface area (Å²) in [6, 6.07) is 1.89. The van der Waals surface area contributed by atoms with E-state index in [1.165, 1.54) is 0 Å². The van der Waals surface area contributed by atoms with Gasteiger partial charge in [0.05, 0.1) is 6.54 Å². The molecule has 0 saturated heterocycles. The monoisotopic (exact) mass is 308 g/mol. The molecule has 21 heavy (non-hydrogen) atoms. The summed E-state index contributed by atoms with van der Waals surface area (Å²) in [5.41, 5.74) is 0.874. The Bertz CT molecular complexity index is 594. The molecule has 2 N–H and O–H groups in total. The first-order chi connectivity index (χ1) is 10.2. The zero-order chi connectivity index (χ0) is 15.1. The van der Waals surface area contributed by atoms with Crippen LogP contribution in [0.2, 0.25) is 0 Å². The van der Waals surface area contributed by atoms with E-state index in [4.69, 9.17) is 4.42 Å². The standard InChI is InChI=1S/C13H16N4O3S/c1-2-14-11(19)7-15-10(18)3-4-12-16-17-13(20-12)9-5-6-21-8-9/h5-6,8H,2-4,7H2,1H3,(H,14,19)(H,15,18). The van der Waals surface area contributed by atoms with Crippen LogP contribution in [-0.2, 0) is 16.0 Å². The first-order valence-corrected chi connectivity index (χ1v) is 7.51. The molecule has 0 spiro atoms. The van der Waals surface area contributed by atoms with Gasteiger partial charge >= 0.3 is 0 Å². The second-order valence-corrected chi connectivity index (χ2v) is 5.02. The molecule has 0 radical (unpaired) electrons. The smallest absolute Gasteiger partial charge is 0.248 e. The molecule has 112 valence electrons. The van der Waals surface area contributed by atoms with Crippen LogP contribution in [-0.4, -0.2) is 35.1 Å². The normalized spacial score (nSPS) is 10.3. The lowest BCUT2D eigenvalue weighted by atomic mass is 10.3. The Hall–Kier alpha value is -2.22. The maximum absolute atomic E-state index is 11.6. The van der Waals surface area contributed by atoms with Crippen molar-refractivity contribution in [3.05, 3.63) is 22.7 Å². The summed E-state index contributed by atoms with van der Waals surface area (Å²) in [5, 5.41) is 16.8. The van der Waals surface area contributed by atoms with E-state index in [-0.39, 0.29) is 24.8 Å². The largest absolute Gasteiger partial charge is 0.421 e. The third kappa shape index (κ3) is 4.67. The average Bonchev–Trinajstić information content (AvgIpc) is 3.13. The van der Waals surface area contributed by atoms with Crippen molar-refractivity contribution in [1.82, 2.24) is 20.8 Å². The van der Waals surface area contributed by atoms with Gasteiger partial charge in [-0.1, -0.05) is 0 Å². The zero-order valence-corrected chi connectivity index (χ0v) is 12.4. The van der Waals surface area contributed by atoms with E-state index in [9.17, 15) is 9.59 Å². The number of likely N-dealkylation sites (N-methyl/N-ethyl adjacent to an activating group) is 1. The number of nitrogens with one attached hydrogen (secondary N) is 2. The van der Waals surface area contributed by atoms with Crippen molar-refractivity contribution in [1.29, 1.82) is 0 Å². The lowest BCUT2D eigenvalue weighted by Crippen LogP contribution is -2.36. The third-order valence-electron chi connectivity index (χ3n) is 2.62. The molecule has 0 atom stereocenters. The fraction of sp³-hybridized carbons (Fsp3) is 0.385. The number of rotatable bonds is 7. The number of thiophene rings is 1. The predicted octanol–water partition coefficient (Wildman–Crippen LogP) is 0.983. The minimum absolute atomic E-state index is 0.0172. The van der Waals surface area contributed by atoms with Gasteiger partial charge in [-0.2, -0.15) is 11.3 Å². The SMILES string of the molecule is CCNC(=O)CNC(=O)CCc1nnc(-c2ccsc2)o1. The summed E-state index contributed by atoms with van der Waals surface area (Å²) >= 11 is 1.55. The number of hydrogen-bond acceptors (Lipinski definition) is 6. The van der Waals surface area contributed by atoms with E-state index in [1.54, 1.807) is 11.3 Å². The van der Waals surface area contributed by atoms with Gasteiger partial charge in [0, 0.05) is 30.3 Å². The van der Waals surface area contributed by atoms with Crippen molar-refractivity contribution in [2.75, 3.05) is 13.1 Å². The Labute approximate surface area is 125 Å². The van der Waals surface area contributed by atoms with Crippen LogP contribution in [0.5, 0.6) is 0 Å². The van der Waals surface area contributed by atoms with Crippen molar-refractivity contribution < 1.29 is 14.0 Å². The van der Waals surface area contributed by atoms with Gasteiger partial charge in [-0.25, -0.2) is 0 Å². The number of carbonyl (C=O) groups excluding carboxylic acids is 2. The zero-order valence-electron chi connectivity index (χ0n) is 11.6.